The molecule has 0 aliphatic heterocycles. The van der Waals surface area contributed by atoms with Gasteiger partial charge in [-0.2, -0.15) is 0 Å². The first-order chi connectivity index (χ1) is 15.7. The van der Waals surface area contributed by atoms with Crippen LogP contribution in [0.4, 0.5) is 5.69 Å². The summed E-state index contributed by atoms with van der Waals surface area (Å²) in [6.45, 7) is 15.2. The molecule has 1 aromatic rings. The highest BCUT2D eigenvalue weighted by atomic mass is 16.4. The normalized spacial score (nSPS) is 20.8. The van der Waals surface area contributed by atoms with Gasteiger partial charge in [0.15, 0.2) is 0 Å². The summed E-state index contributed by atoms with van der Waals surface area (Å²) in [6.07, 6.45) is 4.23. The van der Waals surface area contributed by atoms with E-state index in [9.17, 15) is 19.5 Å². The average Bonchev–Trinajstić information content (AvgIpc) is 2.72. The van der Waals surface area contributed by atoms with Gasteiger partial charge in [0, 0.05) is 12.2 Å². The fourth-order valence-electron chi connectivity index (χ4n) is 5.06. The van der Waals surface area contributed by atoms with Crippen LogP contribution < -0.4 is 10.6 Å². The maximum atomic E-state index is 13.6. The van der Waals surface area contributed by atoms with E-state index in [1.165, 1.54) is 0 Å². The van der Waals surface area contributed by atoms with Crippen molar-refractivity contribution >= 4 is 23.5 Å². The van der Waals surface area contributed by atoms with E-state index in [4.69, 9.17) is 0 Å². The Hall–Kier alpha value is -2.37. The second-order valence-electron chi connectivity index (χ2n) is 12.3. The lowest BCUT2D eigenvalue weighted by atomic mass is 9.61. The first-order valence-electron chi connectivity index (χ1n) is 12.6. The minimum absolute atomic E-state index is 0.00193. The van der Waals surface area contributed by atoms with Crippen LogP contribution in [-0.2, 0) is 20.8 Å². The van der Waals surface area contributed by atoms with Crippen molar-refractivity contribution in [1.82, 2.24) is 5.32 Å². The second-order valence-corrected chi connectivity index (χ2v) is 12.3. The van der Waals surface area contributed by atoms with Crippen molar-refractivity contribution in [2.24, 2.45) is 28.1 Å². The number of carboxylic acid groups (broad SMARTS) is 1. The van der Waals surface area contributed by atoms with Gasteiger partial charge >= 0.3 is 5.97 Å². The molecule has 190 valence electrons. The van der Waals surface area contributed by atoms with Crippen LogP contribution in [-0.4, -0.2) is 29.4 Å². The number of hydrogen-bond donors (Lipinski definition) is 3. The summed E-state index contributed by atoms with van der Waals surface area (Å²) >= 11 is 0. The van der Waals surface area contributed by atoms with E-state index < -0.39 is 23.2 Å². The van der Waals surface area contributed by atoms with Crippen LogP contribution in [0.5, 0.6) is 0 Å². The van der Waals surface area contributed by atoms with Gasteiger partial charge in [0.25, 0.3) is 0 Å². The first-order valence-corrected chi connectivity index (χ1v) is 12.6. The zero-order valence-corrected chi connectivity index (χ0v) is 22.1. The van der Waals surface area contributed by atoms with Gasteiger partial charge in [0.05, 0.1) is 17.3 Å². The van der Waals surface area contributed by atoms with E-state index in [1.807, 2.05) is 31.2 Å². The molecule has 0 spiro atoms. The average molecular weight is 473 g/mol. The summed E-state index contributed by atoms with van der Waals surface area (Å²) in [5.74, 6) is -2.13. The van der Waals surface area contributed by atoms with E-state index in [0.29, 0.717) is 25.8 Å². The van der Waals surface area contributed by atoms with Gasteiger partial charge < -0.3 is 15.7 Å². The van der Waals surface area contributed by atoms with Crippen molar-refractivity contribution in [3.05, 3.63) is 29.8 Å². The maximum absolute atomic E-state index is 13.6. The third kappa shape index (κ3) is 7.07. The molecule has 1 fully saturated rings. The molecular weight excluding hydrogens is 428 g/mol. The predicted octanol–water partition coefficient (Wildman–Crippen LogP) is 5.66. The van der Waals surface area contributed by atoms with Gasteiger partial charge in [-0.3, -0.25) is 14.4 Å². The van der Waals surface area contributed by atoms with Crippen LogP contribution in [0.2, 0.25) is 0 Å². The van der Waals surface area contributed by atoms with Gasteiger partial charge in [0.2, 0.25) is 11.8 Å². The van der Waals surface area contributed by atoms with Crippen molar-refractivity contribution in [2.45, 2.75) is 87.0 Å². The fraction of sp³-hybridized carbons (Fsp3) is 0.679. The topological polar surface area (TPSA) is 95.5 Å². The molecule has 1 aliphatic rings. The third-order valence-corrected chi connectivity index (χ3v) is 7.42. The Labute approximate surface area is 205 Å². The molecule has 1 aromatic carbocycles. The summed E-state index contributed by atoms with van der Waals surface area (Å²) in [5, 5.41) is 15.6. The van der Waals surface area contributed by atoms with Gasteiger partial charge in [-0.1, -0.05) is 79.5 Å². The molecule has 0 aromatic heterocycles. The number of hydrogen-bond acceptors (Lipinski definition) is 3. The minimum Gasteiger partial charge on any atom is -0.481 e. The van der Waals surface area contributed by atoms with Crippen molar-refractivity contribution in [3.8, 4) is 0 Å². The highest BCUT2D eigenvalue weighted by Crippen LogP contribution is 2.47. The standard InChI is InChI=1S/C28H44N2O4/c1-26(2,3)18-28(7,27(4,5)6)25(34)30-22-15-11-8-12-19(22)16-17-29-23(31)20-13-9-10-14-21(20)24(32)33/h8,11-12,15,20-21H,9-10,13-14,16-18H2,1-7H3,(H,29,31)(H,30,34)(H,32,33). The molecule has 0 bridgehead atoms. The first kappa shape index (κ1) is 27.9. The fourth-order valence-corrected chi connectivity index (χ4v) is 5.06. The van der Waals surface area contributed by atoms with E-state index in [1.54, 1.807) is 0 Å². The molecule has 34 heavy (non-hydrogen) atoms. The lowest BCUT2D eigenvalue weighted by molar-refractivity contribution is -0.148. The van der Waals surface area contributed by atoms with Crippen molar-refractivity contribution in [1.29, 1.82) is 0 Å². The van der Waals surface area contributed by atoms with E-state index in [-0.39, 0.29) is 22.6 Å². The Morgan fingerprint density at radius 3 is 2.09 bits per heavy atom. The molecule has 3 N–H and O–H groups in total. The van der Waals surface area contributed by atoms with Gasteiger partial charge in [-0.05, 0) is 48.1 Å². The smallest absolute Gasteiger partial charge is 0.307 e. The Morgan fingerprint density at radius 1 is 0.941 bits per heavy atom. The van der Waals surface area contributed by atoms with Gasteiger partial charge in [0.1, 0.15) is 0 Å². The molecule has 0 saturated heterocycles. The van der Waals surface area contributed by atoms with Crippen LogP contribution in [0.25, 0.3) is 0 Å². The van der Waals surface area contributed by atoms with Gasteiger partial charge in [-0.25, -0.2) is 0 Å². The molecule has 3 unspecified atom stereocenters. The molecule has 2 amide bonds. The molecule has 2 rings (SSSR count). The zero-order chi connectivity index (χ0) is 25.7. The molecule has 6 nitrogen and oxygen atoms in total. The van der Waals surface area contributed by atoms with Crippen LogP contribution in [0.3, 0.4) is 0 Å². The minimum atomic E-state index is -0.884. The Balaban J connectivity index is 2.09. The predicted molar refractivity (Wildman–Crippen MR) is 137 cm³/mol. The van der Waals surface area contributed by atoms with Gasteiger partial charge in [-0.15, -0.1) is 0 Å². The third-order valence-electron chi connectivity index (χ3n) is 7.42. The van der Waals surface area contributed by atoms with E-state index in [0.717, 1.165) is 30.5 Å². The number of anilines is 1. The van der Waals surface area contributed by atoms with Crippen LogP contribution in [0, 0.1) is 28.1 Å². The summed E-state index contributed by atoms with van der Waals surface area (Å²) in [7, 11) is 0. The lowest BCUT2D eigenvalue weighted by Gasteiger charge is -2.44. The monoisotopic (exact) mass is 472 g/mol. The van der Waals surface area contributed by atoms with E-state index in [2.05, 4.69) is 52.2 Å². The molecule has 1 aliphatic carbocycles. The molecule has 1 saturated carbocycles. The second kappa shape index (κ2) is 10.9. The van der Waals surface area contributed by atoms with E-state index >= 15 is 0 Å². The number of para-hydroxylation sites is 1. The maximum Gasteiger partial charge on any atom is 0.307 e. The molecule has 6 heteroatoms. The summed E-state index contributed by atoms with van der Waals surface area (Å²) < 4.78 is 0. The number of nitrogens with one attached hydrogen (secondary N) is 2. The molecule has 0 heterocycles. The molecular formula is C28H44N2O4. The zero-order valence-electron chi connectivity index (χ0n) is 22.1. The lowest BCUT2D eigenvalue weighted by Crippen LogP contribution is -2.46. The Bertz CT molecular complexity index is 881. The quantitative estimate of drug-likeness (QED) is 0.455. The van der Waals surface area contributed by atoms with Crippen LogP contribution in [0.1, 0.15) is 86.1 Å². The number of carboxylic acids is 1. The molecule has 3 atom stereocenters. The summed E-state index contributed by atoms with van der Waals surface area (Å²) in [5.41, 5.74) is 0.900. The number of benzene rings is 1. The SMILES string of the molecule is CC(C)(C)CC(C)(C(=O)Nc1ccccc1CCNC(=O)C1CCCCC1C(=O)O)C(C)(C)C. The van der Waals surface area contributed by atoms with Crippen molar-refractivity contribution in [3.63, 3.8) is 0 Å². The largest absolute Gasteiger partial charge is 0.481 e. The number of rotatable bonds is 8. The number of carbonyl (C=O) groups is 3. The summed E-state index contributed by atoms with van der Waals surface area (Å²) in [4.78, 5) is 37.8. The van der Waals surface area contributed by atoms with Crippen molar-refractivity contribution < 1.29 is 19.5 Å². The number of amides is 2. The Kier molecular flexibility index (Phi) is 8.95. The highest BCUT2D eigenvalue weighted by molar-refractivity contribution is 5.96. The number of carbonyl (C=O) groups excluding carboxylic acids is 2. The van der Waals surface area contributed by atoms with Crippen LogP contribution in [0.15, 0.2) is 24.3 Å². The number of aliphatic carboxylic acids is 1. The molecule has 0 radical (unpaired) electrons. The summed E-state index contributed by atoms with van der Waals surface area (Å²) in [6, 6.07) is 7.68. The van der Waals surface area contributed by atoms with Crippen molar-refractivity contribution in [2.75, 3.05) is 11.9 Å². The van der Waals surface area contributed by atoms with Crippen LogP contribution >= 0.6 is 0 Å². The Morgan fingerprint density at radius 2 is 1.53 bits per heavy atom. The highest BCUT2D eigenvalue weighted by Gasteiger charge is 2.46.